The largest absolute Gasteiger partial charge is 0.416 e. The van der Waals surface area contributed by atoms with Crippen molar-refractivity contribution in [2.45, 2.75) is 6.18 Å². The predicted octanol–water partition coefficient (Wildman–Crippen LogP) is 2.00. The SMILES string of the molecule is N/N=C/c1cccc(C(F)(F)F)c1. The van der Waals surface area contributed by atoms with Crippen LogP contribution in [0.2, 0.25) is 0 Å². The highest BCUT2D eigenvalue weighted by atomic mass is 19.4. The fourth-order valence-corrected chi connectivity index (χ4v) is 0.881. The van der Waals surface area contributed by atoms with Gasteiger partial charge in [-0.2, -0.15) is 18.3 Å². The molecule has 0 atom stereocenters. The summed E-state index contributed by atoms with van der Waals surface area (Å²) in [7, 11) is 0. The fraction of sp³-hybridized carbons (Fsp3) is 0.125. The Kier molecular flexibility index (Phi) is 2.55. The van der Waals surface area contributed by atoms with Gasteiger partial charge in [-0.05, 0) is 17.7 Å². The van der Waals surface area contributed by atoms with Crippen molar-refractivity contribution in [3.63, 3.8) is 0 Å². The lowest BCUT2D eigenvalue weighted by molar-refractivity contribution is -0.137. The molecule has 0 spiro atoms. The van der Waals surface area contributed by atoms with Gasteiger partial charge >= 0.3 is 6.18 Å². The first-order chi connectivity index (χ1) is 6.04. The first kappa shape index (κ1) is 9.57. The third-order valence-electron chi connectivity index (χ3n) is 1.44. The highest BCUT2D eigenvalue weighted by Gasteiger charge is 2.30. The number of nitrogens with zero attached hydrogens (tertiary/aromatic N) is 1. The van der Waals surface area contributed by atoms with Crippen molar-refractivity contribution in [3.8, 4) is 0 Å². The molecule has 0 saturated carbocycles. The fourth-order valence-electron chi connectivity index (χ4n) is 0.881. The lowest BCUT2D eigenvalue weighted by Gasteiger charge is -2.05. The van der Waals surface area contributed by atoms with Crippen LogP contribution in [0.5, 0.6) is 0 Å². The minimum Gasteiger partial charge on any atom is -0.323 e. The van der Waals surface area contributed by atoms with E-state index in [4.69, 9.17) is 5.84 Å². The molecule has 0 fully saturated rings. The summed E-state index contributed by atoms with van der Waals surface area (Å²) in [5, 5.41) is 3.14. The number of hydrogen-bond acceptors (Lipinski definition) is 2. The number of halogens is 3. The van der Waals surface area contributed by atoms with Crippen LogP contribution >= 0.6 is 0 Å². The Hall–Kier alpha value is -1.52. The molecule has 1 aromatic rings. The first-order valence-electron chi connectivity index (χ1n) is 3.44. The van der Waals surface area contributed by atoms with E-state index in [9.17, 15) is 13.2 Å². The summed E-state index contributed by atoms with van der Waals surface area (Å²) in [6.07, 6.45) is -3.16. The van der Waals surface area contributed by atoms with Crippen LogP contribution in [0.25, 0.3) is 0 Å². The number of benzene rings is 1. The molecule has 5 heteroatoms. The van der Waals surface area contributed by atoms with Crippen molar-refractivity contribution in [1.29, 1.82) is 0 Å². The average Bonchev–Trinajstić information content (AvgIpc) is 2.04. The normalized spacial score (nSPS) is 12.2. The van der Waals surface area contributed by atoms with E-state index in [0.717, 1.165) is 18.3 Å². The van der Waals surface area contributed by atoms with Crippen LogP contribution < -0.4 is 5.84 Å². The average molecular weight is 188 g/mol. The van der Waals surface area contributed by atoms with Crippen molar-refractivity contribution in [3.05, 3.63) is 35.4 Å². The maximum Gasteiger partial charge on any atom is 0.416 e. The third kappa shape index (κ3) is 2.47. The zero-order valence-corrected chi connectivity index (χ0v) is 6.55. The summed E-state index contributed by atoms with van der Waals surface area (Å²) in [4.78, 5) is 0. The molecule has 0 aliphatic carbocycles. The Bertz CT molecular complexity index is 317. The van der Waals surface area contributed by atoms with Gasteiger partial charge in [-0.15, -0.1) is 0 Å². The standard InChI is InChI=1S/C8H7F3N2/c9-8(10,11)7-3-1-2-6(4-7)5-13-12/h1-5H,12H2/b13-5+. The van der Waals surface area contributed by atoms with Crippen molar-refractivity contribution < 1.29 is 13.2 Å². The van der Waals surface area contributed by atoms with Crippen LogP contribution in [-0.4, -0.2) is 6.21 Å². The third-order valence-corrected chi connectivity index (χ3v) is 1.44. The molecule has 0 bridgehead atoms. The highest BCUT2D eigenvalue weighted by molar-refractivity contribution is 5.79. The van der Waals surface area contributed by atoms with Crippen molar-refractivity contribution in [2.75, 3.05) is 0 Å². The first-order valence-corrected chi connectivity index (χ1v) is 3.44. The van der Waals surface area contributed by atoms with Crippen LogP contribution in [0.15, 0.2) is 29.4 Å². The molecule has 0 heterocycles. The molecule has 2 nitrogen and oxygen atoms in total. The van der Waals surface area contributed by atoms with E-state index >= 15 is 0 Å². The predicted molar refractivity (Wildman–Crippen MR) is 43.2 cm³/mol. The second kappa shape index (κ2) is 3.47. The molecule has 1 rings (SSSR count). The van der Waals surface area contributed by atoms with Gasteiger partial charge in [-0.1, -0.05) is 12.1 Å². The summed E-state index contributed by atoms with van der Waals surface area (Å²) in [5.41, 5.74) is -0.373. The number of hydrazone groups is 1. The quantitative estimate of drug-likeness (QED) is 0.408. The minimum absolute atomic E-state index is 0.331. The van der Waals surface area contributed by atoms with E-state index in [2.05, 4.69) is 5.10 Å². The van der Waals surface area contributed by atoms with E-state index in [-0.39, 0.29) is 0 Å². The monoisotopic (exact) mass is 188 g/mol. The summed E-state index contributed by atoms with van der Waals surface area (Å²) in [6.45, 7) is 0. The van der Waals surface area contributed by atoms with E-state index in [1.807, 2.05) is 0 Å². The van der Waals surface area contributed by atoms with Gasteiger partial charge in [-0.3, -0.25) is 0 Å². The minimum atomic E-state index is -4.32. The number of alkyl halides is 3. The lowest BCUT2D eigenvalue weighted by Crippen LogP contribution is -2.05. The molecular weight excluding hydrogens is 181 g/mol. The molecule has 13 heavy (non-hydrogen) atoms. The van der Waals surface area contributed by atoms with Gasteiger partial charge in [-0.25, -0.2) is 0 Å². The van der Waals surface area contributed by atoms with Gasteiger partial charge in [0, 0.05) is 0 Å². The molecule has 0 amide bonds. The van der Waals surface area contributed by atoms with E-state index in [1.165, 1.54) is 12.1 Å². The van der Waals surface area contributed by atoms with Crippen LogP contribution in [0.3, 0.4) is 0 Å². The highest BCUT2D eigenvalue weighted by Crippen LogP contribution is 2.29. The zero-order chi connectivity index (χ0) is 9.90. The maximum absolute atomic E-state index is 12.1. The second-order valence-corrected chi connectivity index (χ2v) is 2.40. The van der Waals surface area contributed by atoms with E-state index in [1.54, 1.807) is 0 Å². The molecule has 2 N–H and O–H groups in total. The van der Waals surface area contributed by atoms with Crippen molar-refractivity contribution >= 4 is 6.21 Å². The molecule has 0 radical (unpaired) electrons. The van der Waals surface area contributed by atoms with Gasteiger partial charge in [0.25, 0.3) is 0 Å². The lowest BCUT2D eigenvalue weighted by atomic mass is 10.1. The number of hydrogen-bond donors (Lipinski definition) is 1. The molecule has 0 aromatic heterocycles. The Balaban J connectivity index is 3.05. The molecule has 0 saturated heterocycles. The molecular formula is C8H7F3N2. The van der Waals surface area contributed by atoms with Gasteiger partial charge in [0.05, 0.1) is 11.8 Å². The Morgan fingerprint density at radius 1 is 1.31 bits per heavy atom. The van der Waals surface area contributed by atoms with Crippen LogP contribution in [0.4, 0.5) is 13.2 Å². The summed E-state index contributed by atoms with van der Waals surface area (Å²) in [6, 6.07) is 4.77. The van der Waals surface area contributed by atoms with E-state index in [0.29, 0.717) is 5.56 Å². The molecule has 0 aliphatic heterocycles. The van der Waals surface area contributed by atoms with Crippen LogP contribution in [0, 0.1) is 0 Å². The Morgan fingerprint density at radius 2 is 2.00 bits per heavy atom. The topological polar surface area (TPSA) is 38.4 Å². The van der Waals surface area contributed by atoms with Crippen molar-refractivity contribution in [2.24, 2.45) is 10.9 Å². The summed E-state index contributed by atoms with van der Waals surface area (Å²) < 4.78 is 36.4. The zero-order valence-electron chi connectivity index (χ0n) is 6.55. The molecule has 0 aliphatic rings. The Morgan fingerprint density at radius 3 is 2.54 bits per heavy atom. The van der Waals surface area contributed by atoms with Crippen molar-refractivity contribution in [1.82, 2.24) is 0 Å². The maximum atomic E-state index is 12.1. The smallest absolute Gasteiger partial charge is 0.323 e. The number of rotatable bonds is 1. The molecule has 70 valence electrons. The van der Waals surface area contributed by atoms with Crippen LogP contribution in [-0.2, 0) is 6.18 Å². The molecule has 1 aromatic carbocycles. The van der Waals surface area contributed by atoms with Gasteiger partial charge in [0.15, 0.2) is 0 Å². The van der Waals surface area contributed by atoms with Crippen LogP contribution in [0.1, 0.15) is 11.1 Å². The number of nitrogens with two attached hydrogens (primary N) is 1. The summed E-state index contributed by atoms with van der Waals surface area (Å²) >= 11 is 0. The second-order valence-electron chi connectivity index (χ2n) is 2.40. The van der Waals surface area contributed by atoms with Gasteiger partial charge in [0.1, 0.15) is 0 Å². The van der Waals surface area contributed by atoms with Gasteiger partial charge < -0.3 is 5.84 Å². The molecule has 0 unspecified atom stereocenters. The Labute approximate surface area is 72.9 Å². The van der Waals surface area contributed by atoms with Gasteiger partial charge in [0.2, 0.25) is 0 Å². The summed E-state index contributed by atoms with van der Waals surface area (Å²) in [5.74, 6) is 4.81. The van der Waals surface area contributed by atoms with E-state index < -0.39 is 11.7 Å².